The summed E-state index contributed by atoms with van der Waals surface area (Å²) >= 11 is 4.48. The van der Waals surface area contributed by atoms with Crippen LogP contribution in [0.3, 0.4) is 0 Å². The normalized spacial score (nSPS) is 16.5. The van der Waals surface area contributed by atoms with E-state index in [9.17, 15) is 13.6 Å². The van der Waals surface area contributed by atoms with Gasteiger partial charge in [0.15, 0.2) is 5.17 Å². The standard InChI is InChI=1S/C22H16BrF2N3OS/c1-12-9-14(13(2)28(12)19-8-3-15(23)11-18(19)25)10-20-21(29)27-22(30-20)26-17-6-4-16(24)5-7-17/h3-11H,1-2H3,(H,26,27,29)/b20-10+. The van der Waals surface area contributed by atoms with Crippen molar-refractivity contribution in [1.29, 1.82) is 0 Å². The summed E-state index contributed by atoms with van der Waals surface area (Å²) in [6.45, 7) is 3.77. The summed E-state index contributed by atoms with van der Waals surface area (Å²) in [4.78, 5) is 17.2. The second-order valence-electron chi connectivity index (χ2n) is 6.72. The Balaban J connectivity index is 1.65. The van der Waals surface area contributed by atoms with Gasteiger partial charge in [-0.1, -0.05) is 15.9 Å². The molecule has 0 spiro atoms. The van der Waals surface area contributed by atoms with Crippen molar-refractivity contribution in [2.45, 2.75) is 13.8 Å². The molecule has 3 aromatic rings. The predicted molar refractivity (Wildman–Crippen MR) is 120 cm³/mol. The highest BCUT2D eigenvalue weighted by Crippen LogP contribution is 2.31. The number of hydrogen-bond acceptors (Lipinski definition) is 3. The van der Waals surface area contributed by atoms with E-state index in [-0.39, 0.29) is 17.5 Å². The second kappa shape index (κ2) is 8.20. The van der Waals surface area contributed by atoms with Gasteiger partial charge in [0, 0.05) is 15.9 Å². The topological polar surface area (TPSA) is 46.4 Å². The molecule has 1 N–H and O–H groups in total. The molecule has 8 heteroatoms. The minimum Gasteiger partial charge on any atom is -0.315 e. The zero-order chi connectivity index (χ0) is 21.4. The van der Waals surface area contributed by atoms with Gasteiger partial charge < -0.3 is 9.88 Å². The van der Waals surface area contributed by atoms with Crippen LogP contribution >= 0.6 is 27.7 Å². The Labute approximate surface area is 184 Å². The molecule has 1 amide bonds. The summed E-state index contributed by atoms with van der Waals surface area (Å²) < 4.78 is 30.0. The smallest absolute Gasteiger partial charge is 0.264 e. The molecular formula is C22H16BrF2N3OS. The summed E-state index contributed by atoms with van der Waals surface area (Å²) in [5.74, 6) is -0.951. The number of amides is 1. The molecule has 0 aliphatic carbocycles. The van der Waals surface area contributed by atoms with E-state index >= 15 is 0 Å². The van der Waals surface area contributed by atoms with Crippen molar-refractivity contribution in [2.24, 2.45) is 4.99 Å². The van der Waals surface area contributed by atoms with E-state index in [0.29, 0.717) is 25.9 Å². The second-order valence-corrected chi connectivity index (χ2v) is 8.66. The van der Waals surface area contributed by atoms with E-state index in [1.807, 2.05) is 24.5 Å². The van der Waals surface area contributed by atoms with E-state index in [0.717, 1.165) is 17.0 Å². The number of halogens is 3. The third-order valence-electron chi connectivity index (χ3n) is 4.62. The fourth-order valence-corrected chi connectivity index (χ4v) is 4.39. The number of benzene rings is 2. The molecule has 0 radical (unpaired) electrons. The van der Waals surface area contributed by atoms with Crippen molar-refractivity contribution in [3.63, 3.8) is 0 Å². The van der Waals surface area contributed by atoms with Gasteiger partial charge in [0.25, 0.3) is 5.91 Å². The number of carbonyl (C=O) groups is 1. The number of nitrogens with one attached hydrogen (secondary N) is 1. The van der Waals surface area contributed by atoms with Crippen molar-refractivity contribution >= 4 is 50.5 Å². The maximum absolute atomic E-state index is 14.5. The van der Waals surface area contributed by atoms with Crippen LogP contribution in [0.25, 0.3) is 11.8 Å². The molecule has 2 heterocycles. The van der Waals surface area contributed by atoms with Crippen LogP contribution < -0.4 is 5.32 Å². The minimum absolute atomic E-state index is 0.263. The molecule has 1 saturated heterocycles. The molecule has 0 atom stereocenters. The highest BCUT2D eigenvalue weighted by molar-refractivity contribution is 9.10. The summed E-state index contributed by atoms with van der Waals surface area (Å²) in [7, 11) is 0. The Morgan fingerprint density at radius 3 is 2.53 bits per heavy atom. The van der Waals surface area contributed by atoms with Crippen molar-refractivity contribution in [3.8, 4) is 5.69 Å². The van der Waals surface area contributed by atoms with E-state index in [1.54, 1.807) is 18.2 Å². The Morgan fingerprint density at radius 2 is 1.83 bits per heavy atom. The van der Waals surface area contributed by atoms with Gasteiger partial charge in [0.05, 0.1) is 16.3 Å². The fourth-order valence-electron chi connectivity index (χ4n) is 3.22. The summed E-state index contributed by atoms with van der Waals surface area (Å²) in [5, 5.41) is 3.14. The number of rotatable bonds is 3. The molecule has 1 fully saturated rings. The number of aryl methyl sites for hydroxylation is 1. The van der Waals surface area contributed by atoms with Gasteiger partial charge in [-0.05, 0) is 85.8 Å². The molecule has 1 aromatic heterocycles. The average Bonchev–Trinajstić information content (AvgIpc) is 3.17. The van der Waals surface area contributed by atoms with Crippen LogP contribution in [0, 0.1) is 25.5 Å². The molecular weight excluding hydrogens is 472 g/mol. The monoisotopic (exact) mass is 487 g/mol. The van der Waals surface area contributed by atoms with Gasteiger partial charge in [0.1, 0.15) is 11.6 Å². The summed E-state index contributed by atoms with van der Waals surface area (Å²) in [6, 6.07) is 12.5. The third-order valence-corrected chi connectivity index (χ3v) is 6.02. The molecule has 0 bridgehead atoms. The molecule has 1 aliphatic heterocycles. The van der Waals surface area contributed by atoms with E-state index in [2.05, 4.69) is 26.2 Å². The quantitative estimate of drug-likeness (QED) is 0.458. The zero-order valence-corrected chi connectivity index (χ0v) is 18.4. The van der Waals surface area contributed by atoms with Crippen molar-refractivity contribution < 1.29 is 13.6 Å². The van der Waals surface area contributed by atoms with Crippen molar-refractivity contribution in [1.82, 2.24) is 9.88 Å². The number of nitrogens with zero attached hydrogens (tertiary/aromatic N) is 2. The van der Waals surface area contributed by atoms with Crippen LogP contribution in [0.2, 0.25) is 0 Å². The highest BCUT2D eigenvalue weighted by Gasteiger charge is 2.25. The predicted octanol–water partition coefficient (Wildman–Crippen LogP) is 6.03. The SMILES string of the molecule is Cc1cc(/C=C2/SC(=Nc3ccc(F)cc3)NC2=O)c(C)n1-c1ccc(Br)cc1F. The lowest BCUT2D eigenvalue weighted by molar-refractivity contribution is -0.115. The molecule has 2 aromatic carbocycles. The number of aromatic nitrogens is 1. The molecule has 0 saturated carbocycles. The summed E-state index contributed by atoms with van der Waals surface area (Å²) in [5.41, 5.74) is 3.47. The van der Waals surface area contributed by atoms with Gasteiger partial charge in [-0.25, -0.2) is 13.8 Å². The first-order valence-corrected chi connectivity index (χ1v) is 10.6. The van der Waals surface area contributed by atoms with E-state index in [4.69, 9.17) is 0 Å². The van der Waals surface area contributed by atoms with Crippen LogP contribution in [-0.2, 0) is 4.79 Å². The molecule has 1 aliphatic rings. The van der Waals surface area contributed by atoms with E-state index in [1.165, 1.54) is 42.1 Å². The summed E-state index contributed by atoms with van der Waals surface area (Å²) in [6.07, 6.45) is 1.77. The molecule has 4 nitrogen and oxygen atoms in total. The van der Waals surface area contributed by atoms with Gasteiger partial charge in [-0.3, -0.25) is 4.79 Å². The lowest BCUT2D eigenvalue weighted by Crippen LogP contribution is -2.19. The minimum atomic E-state index is -0.347. The zero-order valence-electron chi connectivity index (χ0n) is 16.0. The van der Waals surface area contributed by atoms with Crippen LogP contribution in [0.5, 0.6) is 0 Å². The Kier molecular flexibility index (Phi) is 5.62. The lowest BCUT2D eigenvalue weighted by Gasteiger charge is -2.11. The number of amidine groups is 1. The lowest BCUT2D eigenvalue weighted by atomic mass is 10.2. The first kappa shape index (κ1) is 20.6. The number of carbonyl (C=O) groups excluding carboxylic acids is 1. The van der Waals surface area contributed by atoms with Crippen LogP contribution in [0.15, 0.2) is 62.9 Å². The van der Waals surface area contributed by atoms with E-state index < -0.39 is 0 Å². The Morgan fingerprint density at radius 1 is 1.10 bits per heavy atom. The van der Waals surface area contributed by atoms with Gasteiger partial charge in [-0.15, -0.1) is 0 Å². The van der Waals surface area contributed by atoms with Gasteiger partial charge in [-0.2, -0.15) is 0 Å². The van der Waals surface area contributed by atoms with Gasteiger partial charge >= 0.3 is 0 Å². The number of hydrogen-bond donors (Lipinski definition) is 1. The van der Waals surface area contributed by atoms with Crippen molar-refractivity contribution in [3.05, 3.63) is 86.5 Å². The Bertz CT molecular complexity index is 1220. The fraction of sp³-hybridized carbons (Fsp3) is 0.0909. The van der Waals surface area contributed by atoms with Crippen LogP contribution in [0.1, 0.15) is 17.0 Å². The molecule has 4 rings (SSSR count). The third kappa shape index (κ3) is 4.11. The Hall–Kier alpha value is -2.71. The van der Waals surface area contributed by atoms with Gasteiger partial charge in [0.2, 0.25) is 0 Å². The van der Waals surface area contributed by atoms with Crippen LogP contribution in [-0.4, -0.2) is 15.6 Å². The maximum Gasteiger partial charge on any atom is 0.264 e. The highest BCUT2D eigenvalue weighted by atomic mass is 79.9. The maximum atomic E-state index is 14.5. The van der Waals surface area contributed by atoms with Crippen LogP contribution in [0.4, 0.5) is 14.5 Å². The molecule has 152 valence electrons. The van der Waals surface area contributed by atoms with Crippen molar-refractivity contribution in [2.75, 3.05) is 0 Å². The first-order valence-electron chi connectivity index (χ1n) is 9.01. The molecule has 0 unspecified atom stereocenters. The molecule has 30 heavy (non-hydrogen) atoms. The number of thioether (sulfide) groups is 1. The average molecular weight is 488 g/mol. The largest absolute Gasteiger partial charge is 0.315 e. The number of aliphatic imine (C=N–C) groups is 1. The first-order chi connectivity index (χ1) is 14.3.